The summed E-state index contributed by atoms with van der Waals surface area (Å²) in [5.41, 5.74) is 0.637. The van der Waals surface area contributed by atoms with Crippen LogP contribution < -0.4 is 5.32 Å². The van der Waals surface area contributed by atoms with Crippen molar-refractivity contribution in [2.24, 2.45) is 0 Å². The molecule has 0 radical (unpaired) electrons. The summed E-state index contributed by atoms with van der Waals surface area (Å²) >= 11 is 28.3. The average Bonchev–Trinajstić information content (AvgIpc) is 2.49. The first-order valence-corrected chi connectivity index (χ1v) is 10.2. The van der Waals surface area contributed by atoms with Crippen molar-refractivity contribution in [1.29, 1.82) is 0 Å². The third kappa shape index (κ3) is 5.64. The van der Waals surface area contributed by atoms with Crippen LogP contribution in [-0.4, -0.2) is 18.1 Å². The van der Waals surface area contributed by atoms with Crippen LogP contribution in [0, 0.1) is 0 Å². The van der Waals surface area contributed by atoms with Gasteiger partial charge in [0, 0.05) is 15.7 Å². The van der Waals surface area contributed by atoms with Crippen molar-refractivity contribution in [3.05, 3.63) is 58.1 Å². The number of nitrogens with one attached hydrogen (secondary N) is 1. The smallest absolute Gasteiger partial charge is 0.276 e. The highest BCUT2D eigenvalue weighted by molar-refractivity contribution is 7.90. The van der Waals surface area contributed by atoms with Gasteiger partial charge in [0.1, 0.15) is 0 Å². The monoisotopic (exact) mass is 459 g/mol. The molecule has 0 aliphatic rings. The molecule has 0 unspecified atom stereocenters. The number of carbonyl (C=O) groups excluding carboxylic acids is 1. The van der Waals surface area contributed by atoms with E-state index in [-0.39, 0.29) is 21.4 Å². The highest BCUT2D eigenvalue weighted by Gasteiger charge is 2.30. The van der Waals surface area contributed by atoms with Crippen LogP contribution in [-0.2, 0) is 20.4 Å². The van der Waals surface area contributed by atoms with E-state index >= 15 is 0 Å². The lowest BCUT2D eigenvalue weighted by Crippen LogP contribution is -2.26. The quantitative estimate of drug-likeness (QED) is 0.631. The maximum atomic E-state index is 12.4. The molecule has 0 bridgehead atoms. The largest absolute Gasteiger partial charge is 0.322 e. The summed E-state index contributed by atoms with van der Waals surface area (Å²) in [4.78, 5) is 11.7. The van der Waals surface area contributed by atoms with E-state index in [1.165, 1.54) is 42.5 Å². The minimum Gasteiger partial charge on any atom is -0.322 e. The van der Waals surface area contributed by atoms with Gasteiger partial charge in [-0.1, -0.05) is 64.1 Å². The second-order valence-electron chi connectivity index (χ2n) is 4.97. The predicted molar refractivity (Wildman–Crippen MR) is 103 cm³/mol. The third-order valence-electron chi connectivity index (χ3n) is 3.09. The standard InChI is InChI=1S/C15H10Cl5NO3S/c16-10-2-5-12(6-3-10)25(23,24)8-9-1-4-11(7-13(9)17)21-14(22)15(18,19)20/h1-7H,8H2,(H,21,22). The number of halogens is 5. The minimum absolute atomic E-state index is 0.126. The molecular weight excluding hydrogens is 452 g/mol. The van der Waals surface area contributed by atoms with E-state index in [0.717, 1.165) is 0 Å². The zero-order valence-electron chi connectivity index (χ0n) is 12.3. The Kier molecular flexibility index (Phi) is 6.52. The number of rotatable bonds is 4. The third-order valence-corrected chi connectivity index (χ3v) is 5.89. The number of hydrogen-bond donors (Lipinski definition) is 1. The lowest BCUT2D eigenvalue weighted by atomic mass is 10.2. The highest BCUT2D eigenvalue weighted by atomic mass is 35.6. The second kappa shape index (κ2) is 7.91. The van der Waals surface area contributed by atoms with Gasteiger partial charge in [0.25, 0.3) is 9.70 Å². The van der Waals surface area contributed by atoms with Gasteiger partial charge in [-0.05, 0) is 42.0 Å². The zero-order valence-corrected chi connectivity index (χ0v) is 16.9. The van der Waals surface area contributed by atoms with Crippen molar-refractivity contribution in [3.63, 3.8) is 0 Å². The summed E-state index contributed by atoms with van der Waals surface area (Å²) in [6, 6.07) is 10.1. The topological polar surface area (TPSA) is 63.2 Å². The first-order valence-electron chi connectivity index (χ1n) is 6.64. The van der Waals surface area contributed by atoms with Gasteiger partial charge in [0.2, 0.25) is 0 Å². The van der Waals surface area contributed by atoms with Crippen LogP contribution in [0.4, 0.5) is 5.69 Å². The fraction of sp³-hybridized carbons (Fsp3) is 0.133. The van der Waals surface area contributed by atoms with Gasteiger partial charge < -0.3 is 5.32 Å². The Morgan fingerprint density at radius 2 is 1.60 bits per heavy atom. The van der Waals surface area contributed by atoms with Crippen LogP contribution in [0.1, 0.15) is 5.56 Å². The van der Waals surface area contributed by atoms with Gasteiger partial charge in [0.05, 0.1) is 10.6 Å². The summed E-state index contributed by atoms with van der Waals surface area (Å²) in [5.74, 6) is -1.17. The Morgan fingerprint density at radius 3 is 2.12 bits per heavy atom. The van der Waals surface area contributed by atoms with Crippen LogP contribution in [0.25, 0.3) is 0 Å². The highest BCUT2D eigenvalue weighted by Crippen LogP contribution is 2.30. The number of carbonyl (C=O) groups is 1. The summed E-state index contributed by atoms with van der Waals surface area (Å²) < 4.78 is 22.7. The fourth-order valence-corrected chi connectivity index (χ4v) is 3.85. The summed E-state index contributed by atoms with van der Waals surface area (Å²) in [5, 5.41) is 2.96. The van der Waals surface area contributed by atoms with E-state index in [4.69, 9.17) is 58.0 Å². The molecule has 2 aromatic carbocycles. The van der Waals surface area contributed by atoms with E-state index in [1.54, 1.807) is 0 Å². The maximum Gasteiger partial charge on any atom is 0.276 e. The molecule has 25 heavy (non-hydrogen) atoms. The summed E-state index contributed by atoms with van der Waals surface area (Å²) in [6.07, 6.45) is 0. The number of hydrogen-bond acceptors (Lipinski definition) is 3. The number of amides is 1. The molecule has 2 rings (SSSR count). The molecule has 0 spiro atoms. The van der Waals surface area contributed by atoms with E-state index in [2.05, 4.69) is 5.32 Å². The average molecular weight is 462 g/mol. The number of alkyl halides is 3. The molecular formula is C15H10Cl5NO3S. The van der Waals surface area contributed by atoms with Crippen molar-refractivity contribution in [1.82, 2.24) is 0 Å². The first kappa shape index (κ1) is 20.6. The summed E-state index contributed by atoms with van der Waals surface area (Å²) in [7, 11) is -3.61. The lowest BCUT2D eigenvalue weighted by Gasteiger charge is -2.13. The molecule has 0 aromatic heterocycles. The van der Waals surface area contributed by atoms with Crippen molar-refractivity contribution in [3.8, 4) is 0 Å². The molecule has 4 nitrogen and oxygen atoms in total. The molecule has 2 aromatic rings. The van der Waals surface area contributed by atoms with Gasteiger partial charge in [-0.3, -0.25) is 4.79 Å². The Labute approximate surface area is 169 Å². The Bertz CT molecular complexity index is 892. The molecule has 0 fully saturated rings. The van der Waals surface area contributed by atoms with Crippen molar-refractivity contribution in [2.75, 3.05) is 5.32 Å². The Morgan fingerprint density at radius 1 is 1.00 bits per heavy atom. The number of benzene rings is 2. The molecule has 0 saturated heterocycles. The zero-order chi connectivity index (χ0) is 18.8. The SMILES string of the molecule is O=C(Nc1ccc(CS(=O)(=O)c2ccc(Cl)cc2)c(Cl)c1)C(Cl)(Cl)Cl. The summed E-state index contributed by atoms with van der Waals surface area (Å²) in [6.45, 7) is 0. The molecule has 0 heterocycles. The Balaban J connectivity index is 2.21. The van der Waals surface area contributed by atoms with Crippen LogP contribution in [0.15, 0.2) is 47.4 Å². The van der Waals surface area contributed by atoms with Crippen molar-refractivity contribution < 1.29 is 13.2 Å². The van der Waals surface area contributed by atoms with Crippen molar-refractivity contribution >= 4 is 79.4 Å². The Hall–Kier alpha value is -0.690. The normalized spacial score (nSPS) is 12.0. The van der Waals surface area contributed by atoms with Crippen LogP contribution >= 0.6 is 58.0 Å². The maximum absolute atomic E-state index is 12.4. The van der Waals surface area contributed by atoms with E-state index in [1.807, 2.05) is 0 Å². The van der Waals surface area contributed by atoms with Gasteiger partial charge in [-0.25, -0.2) is 8.42 Å². The molecule has 1 amide bonds. The number of anilines is 1. The molecule has 0 atom stereocenters. The molecule has 0 aliphatic carbocycles. The molecule has 1 N–H and O–H groups in total. The van der Waals surface area contributed by atoms with Gasteiger partial charge >= 0.3 is 0 Å². The van der Waals surface area contributed by atoms with Gasteiger partial charge in [-0.2, -0.15) is 0 Å². The number of sulfone groups is 1. The van der Waals surface area contributed by atoms with Crippen LogP contribution in [0.2, 0.25) is 10.0 Å². The molecule has 0 saturated carbocycles. The van der Waals surface area contributed by atoms with Crippen LogP contribution in [0.5, 0.6) is 0 Å². The lowest BCUT2D eigenvalue weighted by molar-refractivity contribution is -0.115. The van der Waals surface area contributed by atoms with Gasteiger partial charge in [-0.15, -0.1) is 0 Å². The fourth-order valence-electron chi connectivity index (χ4n) is 1.87. The van der Waals surface area contributed by atoms with Crippen molar-refractivity contribution in [2.45, 2.75) is 14.4 Å². The van der Waals surface area contributed by atoms with Gasteiger partial charge in [0.15, 0.2) is 9.84 Å². The van der Waals surface area contributed by atoms with E-state index in [9.17, 15) is 13.2 Å². The molecule has 10 heteroatoms. The van der Waals surface area contributed by atoms with E-state index in [0.29, 0.717) is 10.6 Å². The second-order valence-corrected chi connectivity index (χ2v) is 10.1. The molecule has 134 valence electrons. The van der Waals surface area contributed by atoms with E-state index < -0.39 is 19.5 Å². The molecule has 0 aliphatic heterocycles. The first-order chi connectivity index (χ1) is 11.5. The van der Waals surface area contributed by atoms with Crippen LogP contribution in [0.3, 0.4) is 0 Å². The predicted octanol–water partition coefficient (Wildman–Crippen LogP) is 5.28. The minimum atomic E-state index is -3.61.